The van der Waals surface area contributed by atoms with Crippen LogP contribution in [-0.4, -0.2) is 10.8 Å². The van der Waals surface area contributed by atoms with Crippen molar-refractivity contribution in [2.45, 2.75) is 46.0 Å². The molecule has 0 atom stereocenters. The van der Waals surface area contributed by atoms with Gasteiger partial charge in [0.1, 0.15) is 10.8 Å². The van der Waals surface area contributed by atoms with Crippen LogP contribution in [0.1, 0.15) is 42.6 Å². The van der Waals surface area contributed by atoms with Gasteiger partial charge in [-0.15, -0.1) is 11.3 Å². The van der Waals surface area contributed by atoms with Gasteiger partial charge in [0.2, 0.25) is 0 Å². The summed E-state index contributed by atoms with van der Waals surface area (Å²) in [6.45, 7) is 8.46. The first kappa shape index (κ1) is 14.9. The molecule has 1 heterocycles. The molecule has 0 amide bonds. The quantitative estimate of drug-likeness (QED) is 0.847. The van der Waals surface area contributed by atoms with Crippen molar-refractivity contribution in [3.8, 4) is 0 Å². The summed E-state index contributed by atoms with van der Waals surface area (Å²) in [5, 5.41) is 2.99. The number of hydrogen-bond acceptors (Lipinski definition) is 3. The fraction of sp³-hybridized carbons (Fsp3) is 0.412. The number of hydrogen-bond donors (Lipinski definition) is 0. The summed E-state index contributed by atoms with van der Waals surface area (Å²) >= 11 is 1.59. The number of Topliss-reactive ketones (excluding diaryl/α,β-unsaturated/α-hetero) is 1. The molecule has 20 heavy (non-hydrogen) atoms. The van der Waals surface area contributed by atoms with Gasteiger partial charge in [-0.1, -0.05) is 45.0 Å². The van der Waals surface area contributed by atoms with Crippen LogP contribution in [0.25, 0.3) is 0 Å². The summed E-state index contributed by atoms with van der Waals surface area (Å²) in [6, 6.07) is 8.05. The fourth-order valence-electron chi connectivity index (χ4n) is 1.99. The van der Waals surface area contributed by atoms with Gasteiger partial charge < -0.3 is 0 Å². The molecule has 2 rings (SSSR count). The Morgan fingerprint density at radius 2 is 1.90 bits per heavy atom. The van der Waals surface area contributed by atoms with E-state index >= 15 is 0 Å². The zero-order chi connectivity index (χ0) is 14.8. The predicted molar refractivity (Wildman–Crippen MR) is 84.4 cm³/mol. The molecular formula is C17H21NOS. The van der Waals surface area contributed by atoms with E-state index in [-0.39, 0.29) is 11.2 Å². The Balaban J connectivity index is 2.02. The van der Waals surface area contributed by atoms with E-state index in [1.54, 1.807) is 11.3 Å². The molecule has 0 aliphatic carbocycles. The van der Waals surface area contributed by atoms with Gasteiger partial charge in [0, 0.05) is 17.2 Å². The molecule has 3 heteroatoms. The fourth-order valence-corrected chi connectivity index (χ4v) is 3.04. The minimum absolute atomic E-state index is 0.0494. The monoisotopic (exact) mass is 287 g/mol. The molecule has 0 spiro atoms. The van der Waals surface area contributed by atoms with Crippen LogP contribution in [0.5, 0.6) is 0 Å². The van der Waals surface area contributed by atoms with Crippen molar-refractivity contribution in [3.63, 3.8) is 0 Å². The second kappa shape index (κ2) is 5.88. The zero-order valence-corrected chi connectivity index (χ0v) is 13.4. The van der Waals surface area contributed by atoms with Crippen molar-refractivity contribution in [1.82, 2.24) is 4.98 Å². The van der Waals surface area contributed by atoms with Gasteiger partial charge >= 0.3 is 0 Å². The first-order chi connectivity index (χ1) is 9.36. The van der Waals surface area contributed by atoms with Gasteiger partial charge in [-0.25, -0.2) is 4.98 Å². The number of carbonyl (C=O) groups excluding carboxylic acids is 1. The van der Waals surface area contributed by atoms with E-state index in [0.717, 1.165) is 16.3 Å². The number of carbonyl (C=O) groups is 1. The van der Waals surface area contributed by atoms with Gasteiger partial charge in [0.05, 0.1) is 12.1 Å². The van der Waals surface area contributed by atoms with Crippen LogP contribution in [0.2, 0.25) is 0 Å². The highest BCUT2D eigenvalue weighted by Gasteiger charge is 2.18. The number of nitrogens with zero attached hydrogens (tertiary/aromatic N) is 1. The number of aryl methyl sites for hydroxylation is 1. The molecule has 0 radical (unpaired) electrons. The summed E-state index contributed by atoms with van der Waals surface area (Å²) in [7, 11) is 0. The average Bonchev–Trinajstić information content (AvgIpc) is 2.80. The lowest BCUT2D eigenvalue weighted by Gasteiger charge is -2.14. The zero-order valence-electron chi connectivity index (χ0n) is 12.6. The van der Waals surface area contributed by atoms with Crippen molar-refractivity contribution in [3.05, 3.63) is 51.5 Å². The van der Waals surface area contributed by atoms with E-state index in [1.807, 2.05) is 31.2 Å². The first-order valence-electron chi connectivity index (χ1n) is 6.87. The molecule has 2 aromatic rings. The Kier molecular flexibility index (Phi) is 4.39. The second-order valence-corrected chi connectivity index (χ2v) is 7.14. The molecule has 1 aromatic heterocycles. The van der Waals surface area contributed by atoms with Gasteiger partial charge in [0.15, 0.2) is 0 Å². The van der Waals surface area contributed by atoms with Gasteiger partial charge in [0.25, 0.3) is 0 Å². The van der Waals surface area contributed by atoms with E-state index in [0.29, 0.717) is 12.8 Å². The van der Waals surface area contributed by atoms with Crippen molar-refractivity contribution in [1.29, 1.82) is 0 Å². The number of thiazole rings is 1. The molecule has 106 valence electrons. The van der Waals surface area contributed by atoms with Crippen LogP contribution < -0.4 is 0 Å². The topological polar surface area (TPSA) is 30.0 Å². The molecule has 0 bridgehead atoms. The van der Waals surface area contributed by atoms with Gasteiger partial charge in [-0.2, -0.15) is 0 Å². The molecular weight excluding hydrogens is 266 g/mol. The maximum absolute atomic E-state index is 12.2. The summed E-state index contributed by atoms with van der Waals surface area (Å²) in [5.74, 6) is 0.231. The predicted octanol–water partition coefficient (Wildman–Crippen LogP) is 4.10. The molecule has 0 unspecified atom stereocenters. The van der Waals surface area contributed by atoms with Crippen molar-refractivity contribution in [2.75, 3.05) is 0 Å². The SMILES string of the molecule is Cc1ccccc1CC(=O)Cc1nc(C(C)(C)C)cs1. The van der Waals surface area contributed by atoms with E-state index in [4.69, 9.17) is 0 Å². The molecule has 0 aliphatic rings. The lowest BCUT2D eigenvalue weighted by molar-refractivity contribution is -0.117. The molecule has 0 aliphatic heterocycles. The Labute approximate surface area is 124 Å². The third-order valence-corrected chi connectivity index (χ3v) is 4.17. The average molecular weight is 287 g/mol. The Hall–Kier alpha value is -1.48. The Morgan fingerprint density at radius 1 is 1.20 bits per heavy atom. The molecule has 0 saturated carbocycles. The highest BCUT2D eigenvalue weighted by molar-refractivity contribution is 7.09. The number of aromatic nitrogens is 1. The third-order valence-electron chi connectivity index (χ3n) is 3.32. The largest absolute Gasteiger partial charge is 0.299 e. The van der Waals surface area contributed by atoms with E-state index in [2.05, 4.69) is 31.1 Å². The van der Waals surface area contributed by atoms with Crippen LogP contribution in [0, 0.1) is 6.92 Å². The number of ketones is 1. The summed E-state index contributed by atoms with van der Waals surface area (Å²) in [5.41, 5.74) is 3.41. The Morgan fingerprint density at radius 3 is 2.50 bits per heavy atom. The van der Waals surface area contributed by atoms with E-state index < -0.39 is 0 Å². The standard InChI is InChI=1S/C17H21NOS/c1-12-7-5-6-8-13(12)9-14(19)10-16-18-15(11-20-16)17(2,3)4/h5-8,11H,9-10H2,1-4H3. The highest BCUT2D eigenvalue weighted by atomic mass is 32.1. The summed E-state index contributed by atoms with van der Waals surface area (Å²) in [6.07, 6.45) is 0.937. The molecule has 0 fully saturated rings. The van der Waals surface area contributed by atoms with Crippen LogP contribution in [0.3, 0.4) is 0 Å². The highest BCUT2D eigenvalue weighted by Crippen LogP contribution is 2.24. The summed E-state index contributed by atoms with van der Waals surface area (Å²) < 4.78 is 0. The second-order valence-electron chi connectivity index (χ2n) is 6.20. The van der Waals surface area contributed by atoms with Crippen LogP contribution in [0.15, 0.2) is 29.6 Å². The lowest BCUT2D eigenvalue weighted by Crippen LogP contribution is -2.12. The third kappa shape index (κ3) is 3.76. The van der Waals surface area contributed by atoms with Crippen molar-refractivity contribution < 1.29 is 4.79 Å². The molecule has 0 saturated heterocycles. The normalized spacial score (nSPS) is 11.6. The number of benzene rings is 1. The van der Waals surface area contributed by atoms with Crippen LogP contribution >= 0.6 is 11.3 Å². The van der Waals surface area contributed by atoms with E-state index in [1.165, 1.54) is 5.56 Å². The molecule has 2 nitrogen and oxygen atoms in total. The van der Waals surface area contributed by atoms with Crippen LogP contribution in [-0.2, 0) is 23.1 Å². The minimum Gasteiger partial charge on any atom is -0.299 e. The van der Waals surface area contributed by atoms with E-state index in [9.17, 15) is 4.79 Å². The van der Waals surface area contributed by atoms with Crippen molar-refractivity contribution in [2.24, 2.45) is 0 Å². The molecule has 1 aromatic carbocycles. The van der Waals surface area contributed by atoms with Crippen molar-refractivity contribution >= 4 is 17.1 Å². The number of rotatable bonds is 4. The lowest BCUT2D eigenvalue weighted by atomic mass is 9.93. The smallest absolute Gasteiger partial charge is 0.144 e. The summed E-state index contributed by atoms with van der Waals surface area (Å²) in [4.78, 5) is 16.7. The van der Waals surface area contributed by atoms with Crippen LogP contribution in [0.4, 0.5) is 0 Å². The van der Waals surface area contributed by atoms with Gasteiger partial charge in [-0.05, 0) is 18.1 Å². The maximum atomic E-state index is 12.2. The Bertz CT molecular complexity index is 607. The minimum atomic E-state index is 0.0494. The first-order valence-corrected chi connectivity index (χ1v) is 7.75. The maximum Gasteiger partial charge on any atom is 0.144 e. The molecule has 0 N–H and O–H groups in total. The van der Waals surface area contributed by atoms with Gasteiger partial charge in [-0.3, -0.25) is 4.79 Å².